The van der Waals surface area contributed by atoms with Crippen molar-refractivity contribution in [3.8, 4) is 0 Å². The average molecular weight is 280 g/mol. The summed E-state index contributed by atoms with van der Waals surface area (Å²) < 4.78 is 4.82. The number of hydrogen-bond donors (Lipinski definition) is 6. The second-order valence-electron chi connectivity index (χ2n) is 4.04. The molecule has 9 nitrogen and oxygen atoms in total. The van der Waals surface area contributed by atoms with Crippen LogP contribution in [0.5, 0.6) is 0 Å². The van der Waals surface area contributed by atoms with E-state index in [9.17, 15) is 9.59 Å². The second-order valence-corrected chi connectivity index (χ2v) is 4.04. The molecule has 2 amide bonds. The fraction of sp³-hybridized carbons (Fsp3) is 0.800. The molecule has 112 valence electrons. The topological polar surface area (TPSA) is 176 Å². The molecule has 0 aromatic carbocycles. The minimum atomic E-state index is -1.12. The van der Waals surface area contributed by atoms with Crippen LogP contribution in [-0.4, -0.2) is 69.9 Å². The van der Waals surface area contributed by atoms with Gasteiger partial charge in [-0.3, -0.25) is 9.59 Å². The van der Waals surface area contributed by atoms with Crippen LogP contribution in [0.2, 0.25) is 0 Å². The molecule has 19 heavy (non-hydrogen) atoms. The van der Waals surface area contributed by atoms with Crippen LogP contribution >= 0.6 is 0 Å². The second kappa shape index (κ2) is 8.77. The van der Waals surface area contributed by atoms with Crippen molar-refractivity contribution < 1.29 is 34.8 Å². The number of ether oxygens (including phenoxy) is 1. The number of nitrogens with two attached hydrogens (primary N) is 2. The Morgan fingerprint density at radius 2 is 1.68 bits per heavy atom. The van der Waals surface area contributed by atoms with Crippen molar-refractivity contribution in [1.82, 2.24) is 0 Å². The highest BCUT2D eigenvalue weighted by Crippen LogP contribution is 2.16. The Kier molecular flexibility index (Phi) is 8.19. The Labute approximate surface area is 109 Å². The maximum Gasteiger partial charge on any atom is 0.217 e. The molecule has 1 heterocycles. The quantitative estimate of drug-likeness (QED) is 0.299. The molecule has 0 unspecified atom stereocenters. The summed E-state index contributed by atoms with van der Waals surface area (Å²) in [7, 11) is 0. The summed E-state index contributed by atoms with van der Waals surface area (Å²) in [5, 5.41) is 35.5. The van der Waals surface area contributed by atoms with Crippen LogP contribution < -0.4 is 11.5 Å². The van der Waals surface area contributed by atoms with E-state index in [1.54, 1.807) is 0 Å². The van der Waals surface area contributed by atoms with E-state index in [0.29, 0.717) is 0 Å². The molecule has 0 aliphatic carbocycles. The predicted octanol–water partition coefficient (Wildman–Crippen LogP) is -3.80. The summed E-state index contributed by atoms with van der Waals surface area (Å²) in [6.45, 7) is -0.475. The molecule has 1 aliphatic heterocycles. The Morgan fingerprint density at radius 1 is 1.21 bits per heavy atom. The fourth-order valence-electron chi connectivity index (χ4n) is 1.31. The fourth-order valence-corrected chi connectivity index (χ4v) is 1.31. The van der Waals surface area contributed by atoms with Crippen molar-refractivity contribution in [2.75, 3.05) is 13.2 Å². The number of carbonyl (C=O) groups is 2. The molecular weight excluding hydrogens is 260 g/mol. The first-order valence-electron chi connectivity index (χ1n) is 5.62. The lowest BCUT2D eigenvalue weighted by Gasteiger charge is -2.18. The number of primary amides is 2. The molecule has 0 spiro atoms. The number of aliphatic hydroxyl groups is 4. The number of carbonyl (C=O) groups excluding carboxylic acids is 2. The lowest BCUT2D eigenvalue weighted by Crippen LogP contribution is -2.40. The molecule has 0 aromatic heterocycles. The zero-order valence-electron chi connectivity index (χ0n) is 10.3. The lowest BCUT2D eigenvalue weighted by atomic mass is 10.1. The molecule has 8 N–H and O–H groups in total. The van der Waals surface area contributed by atoms with Gasteiger partial charge in [-0.15, -0.1) is 0 Å². The summed E-state index contributed by atoms with van der Waals surface area (Å²) in [6, 6.07) is 0. The first-order chi connectivity index (χ1) is 8.79. The van der Waals surface area contributed by atoms with E-state index in [-0.39, 0.29) is 19.4 Å². The SMILES string of the molecule is NC(=O)CCC(N)=O.OC[C@@H](O)[C@H]1OC[C@H](O)[C@H]1O. The molecule has 0 aromatic rings. The van der Waals surface area contributed by atoms with Crippen molar-refractivity contribution in [1.29, 1.82) is 0 Å². The average Bonchev–Trinajstić information content (AvgIpc) is 2.67. The summed E-state index contributed by atoms with van der Waals surface area (Å²) in [4.78, 5) is 19.8. The van der Waals surface area contributed by atoms with E-state index in [1.807, 2.05) is 0 Å². The summed E-state index contributed by atoms with van der Waals surface area (Å²) in [5.41, 5.74) is 9.39. The van der Waals surface area contributed by atoms with Gasteiger partial charge in [0, 0.05) is 12.8 Å². The molecule has 0 bridgehead atoms. The van der Waals surface area contributed by atoms with Crippen molar-refractivity contribution in [2.45, 2.75) is 37.3 Å². The third kappa shape index (κ3) is 7.03. The highest BCUT2D eigenvalue weighted by Gasteiger charge is 2.38. The number of hydrogen-bond acceptors (Lipinski definition) is 7. The molecule has 9 heteroatoms. The van der Waals surface area contributed by atoms with Gasteiger partial charge < -0.3 is 36.6 Å². The van der Waals surface area contributed by atoms with Gasteiger partial charge in [-0.05, 0) is 0 Å². The van der Waals surface area contributed by atoms with Crippen LogP contribution in [0.3, 0.4) is 0 Å². The van der Waals surface area contributed by atoms with Crippen molar-refractivity contribution >= 4 is 11.8 Å². The Bertz CT molecular complexity index is 286. The summed E-state index contributed by atoms with van der Waals surface area (Å²) in [5.74, 6) is -0.993. The molecule has 1 saturated heterocycles. The van der Waals surface area contributed by atoms with E-state index in [1.165, 1.54) is 0 Å². The monoisotopic (exact) mass is 280 g/mol. The van der Waals surface area contributed by atoms with Crippen molar-refractivity contribution in [2.24, 2.45) is 11.5 Å². The molecular formula is C10H20N2O7. The third-order valence-electron chi connectivity index (χ3n) is 2.37. The number of aliphatic hydroxyl groups excluding tert-OH is 4. The molecule has 0 saturated carbocycles. The van der Waals surface area contributed by atoms with E-state index in [0.717, 1.165) is 0 Å². The van der Waals surface area contributed by atoms with Gasteiger partial charge in [-0.25, -0.2) is 0 Å². The Balaban J connectivity index is 0.000000362. The summed E-state index contributed by atoms with van der Waals surface area (Å²) in [6.07, 6.45) is -3.94. The van der Waals surface area contributed by atoms with E-state index in [4.69, 9.17) is 36.6 Å². The van der Waals surface area contributed by atoms with Crippen LogP contribution in [-0.2, 0) is 14.3 Å². The highest BCUT2D eigenvalue weighted by molar-refractivity contribution is 5.81. The molecule has 4 atom stereocenters. The van der Waals surface area contributed by atoms with Crippen LogP contribution in [0.1, 0.15) is 12.8 Å². The predicted molar refractivity (Wildman–Crippen MR) is 62.5 cm³/mol. The zero-order chi connectivity index (χ0) is 15.0. The van der Waals surface area contributed by atoms with Crippen molar-refractivity contribution in [3.05, 3.63) is 0 Å². The third-order valence-corrected chi connectivity index (χ3v) is 2.37. The van der Waals surface area contributed by atoms with Crippen LogP contribution in [0.15, 0.2) is 0 Å². The maximum atomic E-state index is 9.92. The Morgan fingerprint density at radius 3 is 1.95 bits per heavy atom. The first-order valence-corrected chi connectivity index (χ1v) is 5.62. The number of amides is 2. The zero-order valence-corrected chi connectivity index (χ0v) is 10.3. The lowest BCUT2D eigenvalue weighted by molar-refractivity contribution is -0.123. The molecule has 1 fully saturated rings. The normalized spacial score (nSPS) is 27.3. The van der Waals surface area contributed by atoms with Gasteiger partial charge in [0.1, 0.15) is 24.4 Å². The Hall–Kier alpha value is -1.26. The van der Waals surface area contributed by atoms with Gasteiger partial charge in [0.05, 0.1) is 13.2 Å². The van der Waals surface area contributed by atoms with Crippen LogP contribution in [0, 0.1) is 0 Å². The summed E-state index contributed by atoms with van der Waals surface area (Å²) >= 11 is 0. The maximum absolute atomic E-state index is 9.92. The van der Waals surface area contributed by atoms with E-state index < -0.39 is 42.8 Å². The van der Waals surface area contributed by atoms with Gasteiger partial charge in [-0.1, -0.05) is 0 Å². The van der Waals surface area contributed by atoms with E-state index in [2.05, 4.69) is 0 Å². The van der Waals surface area contributed by atoms with Gasteiger partial charge in [0.15, 0.2) is 0 Å². The molecule has 0 radical (unpaired) electrons. The minimum Gasteiger partial charge on any atom is -0.394 e. The van der Waals surface area contributed by atoms with Crippen LogP contribution in [0.25, 0.3) is 0 Å². The molecule has 1 rings (SSSR count). The van der Waals surface area contributed by atoms with Gasteiger partial charge >= 0.3 is 0 Å². The number of rotatable bonds is 5. The van der Waals surface area contributed by atoms with E-state index >= 15 is 0 Å². The first kappa shape index (κ1) is 17.7. The van der Waals surface area contributed by atoms with Gasteiger partial charge in [-0.2, -0.15) is 0 Å². The minimum absolute atomic E-state index is 0.00287. The smallest absolute Gasteiger partial charge is 0.217 e. The largest absolute Gasteiger partial charge is 0.394 e. The highest BCUT2D eigenvalue weighted by atomic mass is 16.5. The van der Waals surface area contributed by atoms with Gasteiger partial charge in [0.2, 0.25) is 11.8 Å². The molecule has 1 aliphatic rings. The van der Waals surface area contributed by atoms with Crippen LogP contribution in [0.4, 0.5) is 0 Å². The van der Waals surface area contributed by atoms with Crippen molar-refractivity contribution in [3.63, 3.8) is 0 Å². The van der Waals surface area contributed by atoms with Gasteiger partial charge in [0.25, 0.3) is 0 Å². The standard InChI is InChI=1S/C6H12O5.C4H8N2O2/c7-1-3(8)6-5(10)4(9)2-11-6;5-3(7)1-2-4(6)8/h3-10H,1-2H2;1-2H2,(H2,5,7)(H2,6,8)/t3-,4+,5-,6-;/m1./s1.